The molecule has 35 heavy (non-hydrogen) atoms. The minimum absolute atomic E-state index is 0.00858. The van der Waals surface area contributed by atoms with Crippen LogP contribution in [0.15, 0.2) is 54.6 Å². The molecule has 2 atom stereocenters. The average Bonchev–Trinajstić information content (AvgIpc) is 2.99. The van der Waals surface area contributed by atoms with Crippen molar-refractivity contribution in [3.05, 3.63) is 65.7 Å². The van der Waals surface area contributed by atoms with Crippen LogP contribution in [0.4, 0.5) is 5.69 Å². The van der Waals surface area contributed by atoms with E-state index in [0.717, 1.165) is 5.39 Å². The third-order valence-electron chi connectivity index (χ3n) is 6.08. The number of carboxylic acids is 1. The van der Waals surface area contributed by atoms with Gasteiger partial charge in [0.1, 0.15) is 24.1 Å². The third-order valence-corrected chi connectivity index (χ3v) is 6.08. The van der Waals surface area contributed by atoms with Crippen LogP contribution in [-0.4, -0.2) is 55.7 Å². The van der Waals surface area contributed by atoms with E-state index in [2.05, 4.69) is 10.6 Å². The maximum Gasteiger partial charge on any atom is 0.335 e. The van der Waals surface area contributed by atoms with Crippen LogP contribution in [0.5, 0.6) is 11.5 Å². The fourth-order valence-corrected chi connectivity index (χ4v) is 3.99. The van der Waals surface area contributed by atoms with Gasteiger partial charge >= 0.3 is 5.97 Å². The van der Waals surface area contributed by atoms with E-state index in [4.69, 9.17) is 9.47 Å². The molecule has 2 amide bonds. The van der Waals surface area contributed by atoms with Gasteiger partial charge in [0, 0.05) is 5.56 Å². The molecule has 0 unspecified atom stereocenters. The maximum atomic E-state index is 13.7. The summed E-state index contributed by atoms with van der Waals surface area (Å²) in [6, 6.07) is 14.3. The number of nitrogens with zero attached hydrogens (tertiary/aromatic N) is 1. The van der Waals surface area contributed by atoms with Crippen molar-refractivity contribution in [1.82, 2.24) is 10.6 Å². The SMILES string of the molecule is CN[C@@H](C)C(=O)N[C@H]1COc2ccccc2N(Cc2cc3cc(C(=O)O)ccc3cc2OC)C1=O. The number of para-hydroxylation sites is 2. The van der Waals surface area contributed by atoms with Crippen LogP contribution in [0, 0.1) is 0 Å². The molecule has 0 fully saturated rings. The predicted molar refractivity (Wildman–Crippen MR) is 131 cm³/mol. The van der Waals surface area contributed by atoms with Gasteiger partial charge in [0.2, 0.25) is 5.91 Å². The van der Waals surface area contributed by atoms with E-state index in [0.29, 0.717) is 28.1 Å². The molecule has 4 rings (SSSR count). The third kappa shape index (κ3) is 4.90. The molecule has 0 aliphatic carbocycles. The summed E-state index contributed by atoms with van der Waals surface area (Å²) in [5.41, 5.74) is 1.42. The van der Waals surface area contributed by atoms with E-state index >= 15 is 0 Å². The number of amides is 2. The highest BCUT2D eigenvalue weighted by Gasteiger charge is 2.33. The molecule has 182 valence electrons. The van der Waals surface area contributed by atoms with Crippen LogP contribution in [0.1, 0.15) is 22.8 Å². The second-order valence-electron chi connectivity index (χ2n) is 8.31. The highest BCUT2D eigenvalue weighted by Crippen LogP contribution is 2.35. The maximum absolute atomic E-state index is 13.7. The van der Waals surface area contributed by atoms with E-state index in [1.165, 1.54) is 6.07 Å². The molecule has 0 saturated heterocycles. The van der Waals surface area contributed by atoms with Gasteiger partial charge in [0.05, 0.1) is 30.9 Å². The molecule has 0 saturated carbocycles. The number of aromatic carboxylic acids is 1. The average molecular weight is 478 g/mol. The number of hydrogen-bond donors (Lipinski definition) is 3. The van der Waals surface area contributed by atoms with Crippen LogP contribution in [-0.2, 0) is 16.1 Å². The van der Waals surface area contributed by atoms with Gasteiger partial charge in [0.25, 0.3) is 5.91 Å². The van der Waals surface area contributed by atoms with Crippen LogP contribution in [0.25, 0.3) is 10.8 Å². The Morgan fingerprint density at radius 3 is 2.66 bits per heavy atom. The predicted octanol–water partition coefficient (Wildman–Crippen LogP) is 2.56. The summed E-state index contributed by atoms with van der Waals surface area (Å²) in [5.74, 6) is -0.585. The number of carbonyl (C=O) groups excluding carboxylic acids is 2. The van der Waals surface area contributed by atoms with Crippen molar-refractivity contribution in [1.29, 1.82) is 0 Å². The Balaban J connectivity index is 1.75. The highest BCUT2D eigenvalue weighted by atomic mass is 16.5. The summed E-state index contributed by atoms with van der Waals surface area (Å²) in [4.78, 5) is 39.2. The van der Waals surface area contributed by atoms with Crippen molar-refractivity contribution in [2.45, 2.75) is 25.6 Å². The molecule has 0 radical (unpaired) electrons. The first-order chi connectivity index (χ1) is 16.8. The van der Waals surface area contributed by atoms with Gasteiger partial charge in [-0.3, -0.25) is 9.59 Å². The molecule has 3 N–H and O–H groups in total. The number of likely N-dealkylation sites (N-methyl/N-ethyl adjacent to an activating group) is 1. The summed E-state index contributed by atoms with van der Waals surface area (Å²) < 4.78 is 11.5. The number of carbonyl (C=O) groups is 3. The first-order valence-electron chi connectivity index (χ1n) is 11.2. The van der Waals surface area contributed by atoms with Crippen LogP contribution >= 0.6 is 0 Å². The Labute approximate surface area is 202 Å². The van der Waals surface area contributed by atoms with E-state index in [1.807, 2.05) is 18.2 Å². The molecule has 1 aliphatic heterocycles. The van der Waals surface area contributed by atoms with Crippen LogP contribution in [0.3, 0.4) is 0 Å². The number of carboxylic acid groups (broad SMARTS) is 1. The molecule has 0 bridgehead atoms. The molecular formula is C26H27N3O6. The van der Waals surface area contributed by atoms with E-state index in [-0.39, 0.29) is 30.5 Å². The van der Waals surface area contributed by atoms with Gasteiger partial charge in [-0.15, -0.1) is 0 Å². The normalized spacial score (nSPS) is 16.1. The molecular weight excluding hydrogens is 450 g/mol. The topological polar surface area (TPSA) is 117 Å². The van der Waals surface area contributed by atoms with Crippen LogP contribution in [0.2, 0.25) is 0 Å². The number of fused-ring (bicyclic) bond motifs is 2. The molecule has 3 aromatic rings. The summed E-state index contributed by atoms with van der Waals surface area (Å²) in [6.45, 7) is 1.82. The Bertz CT molecular complexity index is 1290. The first-order valence-corrected chi connectivity index (χ1v) is 11.2. The molecule has 9 nitrogen and oxygen atoms in total. The van der Waals surface area contributed by atoms with Crippen molar-refractivity contribution in [2.24, 2.45) is 0 Å². The first kappa shape index (κ1) is 24.0. The number of hydrogen-bond acceptors (Lipinski definition) is 6. The molecule has 1 heterocycles. The number of benzene rings is 3. The Morgan fingerprint density at radius 2 is 1.94 bits per heavy atom. The summed E-state index contributed by atoms with van der Waals surface area (Å²) >= 11 is 0. The number of methoxy groups -OCH3 is 1. The molecule has 3 aromatic carbocycles. The van der Waals surface area contributed by atoms with Gasteiger partial charge in [0.15, 0.2) is 0 Å². The summed E-state index contributed by atoms with van der Waals surface area (Å²) in [7, 11) is 3.21. The molecule has 0 aromatic heterocycles. The number of ether oxygens (including phenoxy) is 2. The quantitative estimate of drug-likeness (QED) is 0.479. The summed E-state index contributed by atoms with van der Waals surface area (Å²) in [5, 5.41) is 16.5. The monoisotopic (exact) mass is 477 g/mol. The fraction of sp³-hybridized carbons (Fsp3) is 0.269. The van der Waals surface area contributed by atoms with Crippen LogP contribution < -0.4 is 25.0 Å². The number of nitrogens with one attached hydrogen (secondary N) is 2. The molecule has 0 spiro atoms. The minimum atomic E-state index is -1.02. The summed E-state index contributed by atoms with van der Waals surface area (Å²) in [6.07, 6.45) is 0. The van der Waals surface area contributed by atoms with E-state index in [9.17, 15) is 19.5 Å². The second-order valence-corrected chi connectivity index (χ2v) is 8.31. The minimum Gasteiger partial charge on any atom is -0.496 e. The van der Waals surface area contributed by atoms with Crippen molar-refractivity contribution in [3.63, 3.8) is 0 Å². The standard InChI is InChI=1S/C26H27N3O6/c1-15(27-2)24(30)28-20-14-35-22-7-5-4-6-21(22)29(25(20)31)13-19-11-18-10-17(26(32)33)9-8-16(18)12-23(19)34-3/h4-12,15,20,27H,13-14H2,1-3H3,(H,28,30)(H,32,33)/t15-,20-/m0/s1. The zero-order valence-electron chi connectivity index (χ0n) is 19.7. The second kappa shape index (κ2) is 10.0. The van der Waals surface area contributed by atoms with Gasteiger partial charge in [-0.1, -0.05) is 18.2 Å². The lowest BCUT2D eigenvalue weighted by atomic mass is 10.0. The zero-order chi connectivity index (χ0) is 25.1. The lowest BCUT2D eigenvalue weighted by molar-refractivity contribution is -0.129. The molecule has 1 aliphatic rings. The van der Waals surface area contributed by atoms with Crippen molar-refractivity contribution < 1.29 is 29.0 Å². The van der Waals surface area contributed by atoms with Crippen molar-refractivity contribution in [3.8, 4) is 11.5 Å². The highest BCUT2D eigenvalue weighted by molar-refractivity contribution is 6.02. The Kier molecular flexibility index (Phi) is 6.88. The largest absolute Gasteiger partial charge is 0.496 e. The van der Waals surface area contributed by atoms with Crippen molar-refractivity contribution in [2.75, 3.05) is 25.7 Å². The molecule has 9 heteroatoms. The van der Waals surface area contributed by atoms with Gasteiger partial charge in [-0.2, -0.15) is 0 Å². The number of rotatable bonds is 7. The number of anilines is 1. The Morgan fingerprint density at radius 1 is 1.17 bits per heavy atom. The zero-order valence-corrected chi connectivity index (χ0v) is 19.7. The van der Waals surface area contributed by atoms with Crippen molar-refractivity contribution >= 4 is 34.2 Å². The fourth-order valence-electron chi connectivity index (χ4n) is 3.99. The van der Waals surface area contributed by atoms with Gasteiger partial charge in [-0.05, 0) is 61.1 Å². The van der Waals surface area contributed by atoms with Gasteiger partial charge < -0.3 is 30.1 Å². The van der Waals surface area contributed by atoms with E-state index < -0.39 is 18.1 Å². The van der Waals surface area contributed by atoms with Gasteiger partial charge in [-0.25, -0.2) is 4.79 Å². The smallest absolute Gasteiger partial charge is 0.335 e. The Hall–Kier alpha value is -4.11. The van der Waals surface area contributed by atoms with E-state index in [1.54, 1.807) is 56.3 Å². The lowest BCUT2D eigenvalue weighted by Gasteiger charge is -2.26. The lowest BCUT2D eigenvalue weighted by Crippen LogP contribution is -2.53.